The molecule has 7 heteroatoms. The standard InChI is InChI=1S/C22H19FN2O2S2/c23-16-12-14(21(24)29)6-9-19(16)27-22(26)15-10-11-25-17(15)7-8-18(25)20(28)13-4-2-1-3-5-13/h1-9,12,15,21,29H,10-11,24H2. The fourth-order valence-electron chi connectivity index (χ4n) is 3.58. The number of fused-ring (bicyclic) bond motifs is 1. The Morgan fingerprint density at radius 2 is 1.97 bits per heavy atom. The van der Waals surface area contributed by atoms with Crippen molar-refractivity contribution in [3.63, 3.8) is 0 Å². The maximum absolute atomic E-state index is 14.3. The number of carbonyl (C=O) groups excluding carboxylic acids is 1. The number of esters is 1. The Kier molecular flexibility index (Phi) is 5.54. The van der Waals surface area contributed by atoms with Gasteiger partial charge in [0.25, 0.3) is 0 Å². The lowest BCUT2D eigenvalue weighted by Crippen LogP contribution is -2.17. The smallest absolute Gasteiger partial charge is 0.320 e. The van der Waals surface area contributed by atoms with Crippen LogP contribution in [0.5, 0.6) is 5.75 Å². The Labute approximate surface area is 178 Å². The molecule has 29 heavy (non-hydrogen) atoms. The van der Waals surface area contributed by atoms with E-state index in [9.17, 15) is 9.18 Å². The van der Waals surface area contributed by atoms with Crippen LogP contribution in [0.4, 0.5) is 4.39 Å². The summed E-state index contributed by atoms with van der Waals surface area (Å²) in [5.74, 6) is -1.70. The molecule has 2 N–H and O–H groups in total. The van der Waals surface area contributed by atoms with E-state index < -0.39 is 23.1 Å². The van der Waals surface area contributed by atoms with Gasteiger partial charge in [-0.2, -0.15) is 12.6 Å². The summed E-state index contributed by atoms with van der Waals surface area (Å²) in [7, 11) is 0. The third-order valence-electron chi connectivity index (χ3n) is 5.07. The van der Waals surface area contributed by atoms with Crippen LogP contribution in [0.2, 0.25) is 0 Å². The van der Waals surface area contributed by atoms with Gasteiger partial charge in [0, 0.05) is 12.2 Å². The highest BCUT2D eigenvalue weighted by atomic mass is 32.1. The fourth-order valence-corrected chi connectivity index (χ4v) is 4.06. The lowest BCUT2D eigenvalue weighted by Gasteiger charge is -2.12. The second kappa shape index (κ2) is 8.10. The number of halogens is 1. The Morgan fingerprint density at radius 3 is 2.66 bits per heavy atom. The van der Waals surface area contributed by atoms with Gasteiger partial charge in [0.15, 0.2) is 11.6 Å². The molecule has 2 unspecified atom stereocenters. The molecule has 2 aromatic carbocycles. The maximum atomic E-state index is 14.3. The van der Waals surface area contributed by atoms with Gasteiger partial charge in [-0.05, 0) is 41.8 Å². The van der Waals surface area contributed by atoms with Gasteiger partial charge in [-0.25, -0.2) is 4.39 Å². The number of rotatable bonds is 5. The minimum Gasteiger partial charge on any atom is -0.423 e. The minimum atomic E-state index is -0.639. The molecule has 148 valence electrons. The second-order valence-electron chi connectivity index (χ2n) is 6.89. The van der Waals surface area contributed by atoms with Gasteiger partial charge < -0.3 is 15.0 Å². The van der Waals surface area contributed by atoms with Gasteiger partial charge in [0.05, 0.1) is 21.9 Å². The van der Waals surface area contributed by atoms with E-state index in [-0.39, 0.29) is 5.75 Å². The lowest BCUT2D eigenvalue weighted by molar-refractivity contribution is -0.136. The third kappa shape index (κ3) is 3.85. The topological polar surface area (TPSA) is 57.2 Å². The van der Waals surface area contributed by atoms with E-state index in [0.29, 0.717) is 18.5 Å². The Hall–Kier alpha value is -2.48. The average Bonchev–Trinajstić information content (AvgIpc) is 3.31. The van der Waals surface area contributed by atoms with Crippen LogP contribution in [0.15, 0.2) is 60.7 Å². The summed E-state index contributed by atoms with van der Waals surface area (Å²) in [6.45, 7) is 0.653. The molecule has 1 aliphatic rings. The van der Waals surface area contributed by atoms with Crippen LogP contribution in [0.3, 0.4) is 0 Å². The predicted octanol–water partition coefficient (Wildman–Crippen LogP) is 4.37. The first-order chi connectivity index (χ1) is 14.0. The molecule has 0 bridgehead atoms. The van der Waals surface area contributed by atoms with Gasteiger partial charge in [0.2, 0.25) is 0 Å². The van der Waals surface area contributed by atoms with Crippen molar-refractivity contribution in [2.45, 2.75) is 24.3 Å². The molecule has 0 spiro atoms. The number of ether oxygens (including phenoxy) is 1. The quantitative estimate of drug-likeness (QED) is 0.159. The van der Waals surface area contributed by atoms with Gasteiger partial charge in [-0.3, -0.25) is 4.79 Å². The minimum absolute atomic E-state index is 0.113. The first kappa shape index (κ1) is 19.8. The van der Waals surface area contributed by atoms with Crippen LogP contribution in [-0.4, -0.2) is 15.4 Å². The van der Waals surface area contributed by atoms with Crippen molar-refractivity contribution in [1.82, 2.24) is 4.57 Å². The molecule has 4 rings (SSSR count). The number of benzene rings is 2. The van der Waals surface area contributed by atoms with E-state index in [4.69, 9.17) is 22.7 Å². The molecule has 0 saturated carbocycles. The van der Waals surface area contributed by atoms with E-state index >= 15 is 0 Å². The number of nitrogens with two attached hydrogens (primary N) is 1. The normalized spacial score (nSPS) is 16.3. The van der Waals surface area contributed by atoms with Gasteiger partial charge in [-0.1, -0.05) is 48.6 Å². The third-order valence-corrected chi connectivity index (χ3v) is 5.82. The maximum Gasteiger partial charge on any atom is 0.320 e. The summed E-state index contributed by atoms with van der Waals surface area (Å²) in [5, 5.41) is -0.598. The van der Waals surface area contributed by atoms with Gasteiger partial charge in [0.1, 0.15) is 0 Å². The summed E-state index contributed by atoms with van der Waals surface area (Å²) >= 11 is 9.72. The first-order valence-corrected chi connectivity index (χ1v) is 10.1. The highest BCUT2D eigenvalue weighted by Gasteiger charge is 2.33. The summed E-state index contributed by atoms with van der Waals surface area (Å²) in [4.78, 5) is 13.5. The van der Waals surface area contributed by atoms with Crippen molar-refractivity contribution >= 4 is 35.7 Å². The molecule has 4 nitrogen and oxygen atoms in total. The number of nitrogens with zero attached hydrogens (tertiary/aromatic N) is 1. The Morgan fingerprint density at radius 1 is 1.21 bits per heavy atom. The summed E-state index contributed by atoms with van der Waals surface area (Å²) in [5.41, 5.74) is 8.83. The predicted molar refractivity (Wildman–Crippen MR) is 117 cm³/mol. The van der Waals surface area contributed by atoms with E-state index in [1.165, 1.54) is 12.1 Å². The van der Waals surface area contributed by atoms with Crippen molar-refractivity contribution in [3.05, 3.63) is 89.0 Å². The zero-order valence-electron chi connectivity index (χ0n) is 15.4. The number of hydrogen-bond acceptors (Lipinski definition) is 5. The molecule has 2 atom stereocenters. The number of hydrogen-bond donors (Lipinski definition) is 2. The summed E-state index contributed by atoms with van der Waals surface area (Å²) in [6, 6.07) is 17.8. The zero-order chi connectivity index (χ0) is 20.5. The molecule has 2 heterocycles. The van der Waals surface area contributed by atoms with Crippen molar-refractivity contribution in [2.24, 2.45) is 5.73 Å². The number of thiol groups is 1. The molecule has 0 fully saturated rings. The lowest BCUT2D eigenvalue weighted by atomic mass is 10.1. The van der Waals surface area contributed by atoms with Crippen LogP contribution in [0.1, 0.15) is 40.2 Å². The van der Waals surface area contributed by atoms with Crippen LogP contribution in [0, 0.1) is 5.82 Å². The number of aromatic nitrogens is 1. The molecule has 0 radical (unpaired) electrons. The average molecular weight is 427 g/mol. The van der Waals surface area contributed by atoms with Crippen molar-refractivity contribution in [3.8, 4) is 5.75 Å². The van der Waals surface area contributed by atoms with Crippen LogP contribution in [0.25, 0.3) is 0 Å². The molecular formula is C22H19FN2O2S2. The molecule has 1 aromatic heterocycles. The van der Waals surface area contributed by atoms with Crippen LogP contribution < -0.4 is 10.5 Å². The largest absolute Gasteiger partial charge is 0.423 e. The molecule has 1 aliphatic heterocycles. The zero-order valence-corrected chi connectivity index (χ0v) is 17.1. The molecule has 0 amide bonds. The summed E-state index contributed by atoms with van der Waals surface area (Å²) < 4.78 is 21.7. The molecular weight excluding hydrogens is 407 g/mol. The van der Waals surface area contributed by atoms with E-state index in [1.807, 2.05) is 47.0 Å². The highest BCUT2D eigenvalue weighted by Crippen LogP contribution is 2.33. The first-order valence-electron chi connectivity index (χ1n) is 9.19. The van der Waals surface area contributed by atoms with E-state index in [2.05, 4.69) is 12.6 Å². The number of thiocarbonyl (C=S) groups is 1. The second-order valence-corrected chi connectivity index (χ2v) is 7.85. The van der Waals surface area contributed by atoms with Crippen molar-refractivity contribution in [1.29, 1.82) is 0 Å². The molecule has 0 saturated heterocycles. The highest BCUT2D eigenvalue weighted by molar-refractivity contribution is 7.81. The Bertz CT molecular complexity index is 1080. The summed E-state index contributed by atoms with van der Waals surface area (Å²) in [6.07, 6.45) is 0.584. The van der Waals surface area contributed by atoms with Gasteiger partial charge >= 0.3 is 5.97 Å². The van der Waals surface area contributed by atoms with Gasteiger partial charge in [-0.15, -0.1) is 0 Å². The molecule has 3 aromatic rings. The van der Waals surface area contributed by atoms with Crippen LogP contribution >= 0.6 is 24.8 Å². The monoisotopic (exact) mass is 426 g/mol. The van der Waals surface area contributed by atoms with Crippen molar-refractivity contribution in [2.75, 3.05) is 0 Å². The fraction of sp³-hybridized carbons (Fsp3) is 0.182. The van der Waals surface area contributed by atoms with Crippen molar-refractivity contribution < 1.29 is 13.9 Å². The van der Waals surface area contributed by atoms with E-state index in [0.717, 1.165) is 21.8 Å². The van der Waals surface area contributed by atoms with Crippen LogP contribution in [-0.2, 0) is 11.3 Å². The number of carbonyl (C=O) groups is 1. The Balaban J connectivity index is 1.54. The SMILES string of the molecule is NC(S)c1ccc(OC(=O)C2CCn3c(C(=S)c4ccccc4)ccc32)c(F)c1. The van der Waals surface area contributed by atoms with E-state index in [1.54, 1.807) is 6.07 Å². The molecule has 0 aliphatic carbocycles.